The van der Waals surface area contributed by atoms with Crippen molar-refractivity contribution >= 4 is 29.1 Å². The molecule has 9 heteroatoms. The van der Waals surface area contributed by atoms with Gasteiger partial charge in [0.2, 0.25) is 11.8 Å². The van der Waals surface area contributed by atoms with E-state index in [1.165, 1.54) is 11.3 Å². The van der Waals surface area contributed by atoms with Crippen LogP contribution in [0.15, 0.2) is 5.38 Å². The molecular formula is C15H25N5O3S. The fourth-order valence-corrected chi connectivity index (χ4v) is 2.67. The third-order valence-corrected chi connectivity index (χ3v) is 4.12. The Labute approximate surface area is 145 Å². The number of amides is 3. The molecule has 8 nitrogen and oxygen atoms in total. The van der Waals surface area contributed by atoms with Crippen LogP contribution in [0.2, 0.25) is 0 Å². The normalized spacial score (nSPS) is 11.8. The van der Waals surface area contributed by atoms with Gasteiger partial charge < -0.3 is 21.7 Å². The summed E-state index contributed by atoms with van der Waals surface area (Å²) >= 11 is 1.37. The van der Waals surface area contributed by atoms with Crippen LogP contribution in [-0.2, 0) is 16.0 Å². The van der Waals surface area contributed by atoms with E-state index in [-0.39, 0.29) is 30.1 Å². The molecule has 3 amide bonds. The van der Waals surface area contributed by atoms with Crippen molar-refractivity contribution in [1.29, 1.82) is 0 Å². The molecule has 1 heterocycles. The molecule has 0 aliphatic carbocycles. The number of hydrogen-bond acceptors (Lipinski definition) is 6. The molecule has 0 radical (unpaired) electrons. The Kier molecular flexibility index (Phi) is 8.95. The van der Waals surface area contributed by atoms with Gasteiger partial charge in [-0.1, -0.05) is 6.92 Å². The van der Waals surface area contributed by atoms with E-state index < -0.39 is 5.91 Å². The van der Waals surface area contributed by atoms with Gasteiger partial charge in [-0.25, -0.2) is 4.98 Å². The van der Waals surface area contributed by atoms with Crippen molar-refractivity contribution in [3.05, 3.63) is 16.1 Å². The molecule has 0 bridgehead atoms. The molecule has 1 aromatic rings. The molecule has 0 aromatic carbocycles. The minimum atomic E-state index is -0.538. The number of carbonyl (C=O) groups is 3. The number of nitrogens with zero attached hydrogens (tertiary/aromatic N) is 1. The fourth-order valence-electron chi connectivity index (χ4n) is 1.84. The Morgan fingerprint density at radius 2 is 2.04 bits per heavy atom. The van der Waals surface area contributed by atoms with Crippen LogP contribution in [0.1, 0.15) is 42.2 Å². The van der Waals surface area contributed by atoms with E-state index in [1.807, 2.05) is 6.92 Å². The Morgan fingerprint density at radius 1 is 1.29 bits per heavy atom. The first-order valence-corrected chi connectivity index (χ1v) is 8.84. The molecule has 1 rings (SSSR count). The number of nitrogens with one attached hydrogen (secondary N) is 3. The minimum Gasteiger partial charge on any atom is -0.364 e. The van der Waals surface area contributed by atoms with Crippen molar-refractivity contribution in [3.8, 4) is 0 Å². The highest BCUT2D eigenvalue weighted by atomic mass is 32.1. The van der Waals surface area contributed by atoms with E-state index in [0.29, 0.717) is 19.4 Å². The quantitative estimate of drug-likeness (QED) is 0.409. The first-order chi connectivity index (χ1) is 11.4. The van der Waals surface area contributed by atoms with Gasteiger partial charge in [-0.05, 0) is 26.3 Å². The average molecular weight is 355 g/mol. The molecule has 24 heavy (non-hydrogen) atoms. The van der Waals surface area contributed by atoms with Crippen LogP contribution in [0, 0.1) is 0 Å². The Morgan fingerprint density at radius 3 is 2.67 bits per heavy atom. The summed E-state index contributed by atoms with van der Waals surface area (Å²) in [6, 6.07) is -0.317. The predicted molar refractivity (Wildman–Crippen MR) is 92.7 cm³/mol. The molecule has 1 aromatic heterocycles. The Bertz CT molecular complexity index is 561. The van der Waals surface area contributed by atoms with Crippen molar-refractivity contribution in [2.75, 3.05) is 19.6 Å². The zero-order chi connectivity index (χ0) is 17.9. The molecule has 5 N–H and O–H groups in total. The largest absolute Gasteiger partial charge is 0.364 e. The van der Waals surface area contributed by atoms with Gasteiger partial charge in [0.15, 0.2) is 0 Å². The number of rotatable bonds is 11. The van der Waals surface area contributed by atoms with Crippen molar-refractivity contribution in [2.24, 2.45) is 5.73 Å². The van der Waals surface area contributed by atoms with Gasteiger partial charge in [0, 0.05) is 18.3 Å². The molecule has 0 saturated carbocycles. The fraction of sp³-hybridized carbons (Fsp3) is 0.600. The molecule has 0 saturated heterocycles. The second-order valence-corrected chi connectivity index (χ2v) is 6.28. The van der Waals surface area contributed by atoms with Crippen molar-refractivity contribution in [2.45, 2.75) is 39.2 Å². The lowest BCUT2D eigenvalue weighted by Gasteiger charge is -2.13. The summed E-state index contributed by atoms with van der Waals surface area (Å²) in [7, 11) is 0. The van der Waals surface area contributed by atoms with Gasteiger partial charge in [-0.3, -0.25) is 14.4 Å². The lowest BCUT2D eigenvalue weighted by atomic mass is 10.3. The number of aryl methyl sites for hydroxylation is 1. The summed E-state index contributed by atoms with van der Waals surface area (Å²) in [6.07, 6.45) is 2.29. The molecular weight excluding hydrogens is 330 g/mol. The first-order valence-electron chi connectivity index (χ1n) is 7.96. The van der Waals surface area contributed by atoms with Crippen molar-refractivity contribution in [3.63, 3.8) is 0 Å². The molecule has 0 fully saturated rings. The maximum absolute atomic E-state index is 11.7. The van der Waals surface area contributed by atoms with E-state index >= 15 is 0 Å². The van der Waals surface area contributed by atoms with E-state index in [9.17, 15) is 14.4 Å². The average Bonchev–Trinajstić information content (AvgIpc) is 3.03. The number of thiazole rings is 1. The van der Waals surface area contributed by atoms with Crippen LogP contribution >= 0.6 is 11.3 Å². The smallest absolute Gasteiger partial charge is 0.268 e. The number of hydrogen-bond donors (Lipinski definition) is 4. The zero-order valence-corrected chi connectivity index (χ0v) is 14.9. The Balaban J connectivity index is 2.15. The van der Waals surface area contributed by atoms with Crippen LogP contribution in [-0.4, -0.2) is 48.4 Å². The number of carbonyl (C=O) groups excluding carboxylic acids is 3. The molecule has 1 unspecified atom stereocenters. The van der Waals surface area contributed by atoms with E-state index in [1.54, 1.807) is 12.3 Å². The van der Waals surface area contributed by atoms with Gasteiger partial charge in [-0.2, -0.15) is 0 Å². The summed E-state index contributed by atoms with van der Waals surface area (Å²) in [5.74, 6) is -0.965. The third-order valence-electron chi connectivity index (χ3n) is 3.21. The van der Waals surface area contributed by atoms with Gasteiger partial charge in [0.1, 0.15) is 5.69 Å². The number of nitrogens with two attached hydrogens (primary N) is 1. The van der Waals surface area contributed by atoms with E-state index in [2.05, 4.69) is 20.9 Å². The molecule has 0 aliphatic rings. The lowest BCUT2D eigenvalue weighted by Crippen LogP contribution is -2.46. The summed E-state index contributed by atoms with van der Waals surface area (Å²) in [4.78, 5) is 38.4. The second kappa shape index (κ2) is 10.7. The molecule has 1 atom stereocenters. The summed E-state index contributed by atoms with van der Waals surface area (Å²) in [5, 5.41) is 10.8. The molecule has 0 aliphatic heterocycles. The van der Waals surface area contributed by atoms with Gasteiger partial charge in [-0.15, -0.1) is 11.3 Å². The van der Waals surface area contributed by atoms with Crippen molar-refractivity contribution < 1.29 is 14.4 Å². The minimum absolute atomic E-state index is 0.0416. The van der Waals surface area contributed by atoms with Crippen LogP contribution in [0.25, 0.3) is 0 Å². The van der Waals surface area contributed by atoms with Gasteiger partial charge in [0.25, 0.3) is 5.91 Å². The standard InChI is InChI=1S/C15H25N5O3S/c1-3-6-17-10(2)15(23)19-8-12(21)18-7-4-5-13-20-11(9-24-13)14(16)22/h9-10,17H,3-8H2,1-2H3,(H2,16,22)(H,18,21)(H,19,23). The highest BCUT2D eigenvalue weighted by Gasteiger charge is 2.12. The highest BCUT2D eigenvalue weighted by molar-refractivity contribution is 7.09. The summed E-state index contributed by atoms with van der Waals surface area (Å²) in [6.45, 7) is 4.97. The zero-order valence-electron chi connectivity index (χ0n) is 14.1. The molecule has 0 spiro atoms. The number of primary amides is 1. The lowest BCUT2D eigenvalue weighted by molar-refractivity contribution is -0.127. The summed E-state index contributed by atoms with van der Waals surface area (Å²) in [5.41, 5.74) is 5.41. The maximum Gasteiger partial charge on any atom is 0.268 e. The third kappa shape index (κ3) is 7.51. The summed E-state index contributed by atoms with van der Waals surface area (Å²) < 4.78 is 0. The van der Waals surface area contributed by atoms with Crippen LogP contribution < -0.4 is 21.7 Å². The predicted octanol–water partition coefficient (Wildman–Crippen LogP) is -0.205. The monoisotopic (exact) mass is 355 g/mol. The van der Waals surface area contributed by atoms with Crippen LogP contribution in [0.5, 0.6) is 0 Å². The van der Waals surface area contributed by atoms with E-state index in [4.69, 9.17) is 5.73 Å². The van der Waals surface area contributed by atoms with Gasteiger partial charge >= 0.3 is 0 Å². The van der Waals surface area contributed by atoms with Crippen LogP contribution in [0.3, 0.4) is 0 Å². The molecule has 134 valence electrons. The Hall–Kier alpha value is -2.00. The first kappa shape index (κ1) is 20.0. The van der Waals surface area contributed by atoms with Gasteiger partial charge in [0.05, 0.1) is 17.6 Å². The number of aromatic nitrogens is 1. The van der Waals surface area contributed by atoms with E-state index in [0.717, 1.165) is 18.0 Å². The second-order valence-electron chi connectivity index (χ2n) is 5.34. The van der Waals surface area contributed by atoms with Crippen LogP contribution in [0.4, 0.5) is 0 Å². The topological polar surface area (TPSA) is 126 Å². The highest BCUT2D eigenvalue weighted by Crippen LogP contribution is 2.10. The van der Waals surface area contributed by atoms with Crippen molar-refractivity contribution in [1.82, 2.24) is 20.9 Å². The maximum atomic E-state index is 11.7. The SMILES string of the molecule is CCCNC(C)C(=O)NCC(=O)NCCCc1nc(C(N)=O)cs1.